The number of nitrogens with one attached hydrogen (secondary N) is 1. The zero-order chi connectivity index (χ0) is 13.7. The Morgan fingerprint density at radius 1 is 1.37 bits per heavy atom. The van der Waals surface area contributed by atoms with Crippen molar-refractivity contribution in [2.75, 3.05) is 13.2 Å². The van der Waals surface area contributed by atoms with E-state index in [-0.39, 0.29) is 12.1 Å². The van der Waals surface area contributed by atoms with Gasteiger partial charge in [-0.15, -0.1) is 0 Å². The number of benzene rings is 1. The van der Waals surface area contributed by atoms with Crippen LogP contribution in [0, 0.1) is 0 Å². The van der Waals surface area contributed by atoms with E-state index in [9.17, 15) is 4.79 Å². The van der Waals surface area contributed by atoms with Crippen LogP contribution < -0.4 is 9.99 Å². The van der Waals surface area contributed by atoms with Gasteiger partial charge in [0.15, 0.2) is 0 Å². The van der Waals surface area contributed by atoms with Crippen LogP contribution in [0.2, 0.25) is 0 Å². The monoisotopic (exact) mass is 296 g/mol. The van der Waals surface area contributed by atoms with Crippen molar-refractivity contribution in [1.29, 1.82) is 0 Å². The molecule has 0 saturated heterocycles. The van der Waals surface area contributed by atoms with Gasteiger partial charge >= 0.3 is 6.09 Å². The molecule has 1 aromatic carbocycles. The lowest BCUT2D eigenvalue weighted by atomic mass is 10.3. The number of fused-ring (bicyclic) bond motifs is 1. The first-order valence-electron chi connectivity index (χ1n) is 6.08. The Morgan fingerprint density at radius 2 is 2.16 bits per heavy atom. The van der Waals surface area contributed by atoms with Gasteiger partial charge < -0.3 is 10.1 Å². The molecular formula is C13H16N2O2S2. The highest BCUT2D eigenvalue weighted by atomic mass is 32.9. The number of amides is 1. The second kappa shape index (κ2) is 6.68. The van der Waals surface area contributed by atoms with Gasteiger partial charge in [-0.3, -0.25) is 4.99 Å². The lowest BCUT2D eigenvalue weighted by Gasteiger charge is -2.07. The minimum Gasteiger partial charge on any atom is -0.448 e. The largest absolute Gasteiger partial charge is 0.448 e. The number of carbonyl (C=O) groups excluding carboxylic acids is 1. The summed E-state index contributed by atoms with van der Waals surface area (Å²) in [6.07, 6.45) is -0.385. The van der Waals surface area contributed by atoms with Crippen LogP contribution in [-0.2, 0) is 4.74 Å². The standard InChI is InChI=1S/C13H16N2O2S2/c1-9(2)15-13(16)17-8-7-14-12-10-5-3-4-6-11(10)18-19-12/h3-6,9H,7-8H2,1-2H3,(H,15,16). The second-order valence-electron chi connectivity index (χ2n) is 4.28. The van der Waals surface area contributed by atoms with Gasteiger partial charge in [0.05, 0.1) is 6.54 Å². The molecule has 1 amide bonds. The van der Waals surface area contributed by atoms with E-state index in [0.717, 1.165) is 4.67 Å². The SMILES string of the molecule is CC(C)NC(=O)OCCN=c1ssc2ccccc12. The lowest BCUT2D eigenvalue weighted by Crippen LogP contribution is -2.31. The third kappa shape index (κ3) is 4.04. The highest BCUT2D eigenvalue weighted by Crippen LogP contribution is 2.19. The van der Waals surface area contributed by atoms with Crippen molar-refractivity contribution in [3.8, 4) is 0 Å². The Morgan fingerprint density at radius 3 is 2.95 bits per heavy atom. The minimum atomic E-state index is -0.385. The third-order valence-electron chi connectivity index (χ3n) is 2.31. The molecule has 0 fully saturated rings. The maximum atomic E-state index is 11.3. The molecule has 2 rings (SSSR count). The summed E-state index contributed by atoms with van der Waals surface area (Å²) in [7, 11) is 3.37. The van der Waals surface area contributed by atoms with Crippen LogP contribution in [0.25, 0.3) is 10.1 Å². The first kappa shape index (κ1) is 14.0. The Kier molecular flexibility index (Phi) is 4.93. The summed E-state index contributed by atoms with van der Waals surface area (Å²) >= 11 is 0. The van der Waals surface area contributed by atoms with Gasteiger partial charge in [0, 0.05) is 16.1 Å². The molecular weight excluding hydrogens is 280 g/mol. The predicted octanol–water partition coefficient (Wildman–Crippen LogP) is 3.00. The van der Waals surface area contributed by atoms with Gasteiger partial charge in [0.2, 0.25) is 0 Å². The molecule has 0 bridgehead atoms. The summed E-state index contributed by atoms with van der Waals surface area (Å²) in [4.78, 5) is 15.7. The summed E-state index contributed by atoms with van der Waals surface area (Å²) in [5.41, 5.74) is 0. The van der Waals surface area contributed by atoms with Gasteiger partial charge in [-0.1, -0.05) is 38.9 Å². The Bertz CT molecular complexity index is 616. The van der Waals surface area contributed by atoms with E-state index in [1.165, 1.54) is 10.1 Å². The molecule has 0 aliphatic carbocycles. The average molecular weight is 296 g/mol. The van der Waals surface area contributed by atoms with Crippen LogP contribution in [0.1, 0.15) is 13.8 Å². The van der Waals surface area contributed by atoms with Crippen molar-refractivity contribution >= 4 is 36.9 Å². The molecule has 102 valence electrons. The Hall–Kier alpha value is -1.40. The van der Waals surface area contributed by atoms with Crippen molar-refractivity contribution in [2.24, 2.45) is 4.99 Å². The molecule has 1 heterocycles. The molecule has 6 heteroatoms. The summed E-state index contributed by atoms with van der Waals surface area (Å²) in [6.45, 7) is 4.58. The van der Waals surface area contributed by atoms with Crippen molar-refractivity contribution < 1.29 is 9.53 Å². The summed E-state index contributed by atoms with van der Waals surface area (Å²) in [6, 6.07) is 8.27. The summed E-state index contributed by atoms with van der Waals surface area (Å²) < 4.78 is 7.28. The number of hydrogen-bond donors (Lipinski definition) is 1. The van der Waals surface area contributed by atoms with Crippen LogP contribution in [0.15, 0.2) is 29.3 Å². The summed E-state index contributed by atoms with van der Waals surface area (Å²) in [5.74, 6) is 0. The summed E-state index contributed by atoms with van der Waals surface area (Å²) in [5, 5.41) is 3.84. The number of alkyl carbamates (subject to hydrolysis) is 1. The zero-order valence-electron chi connectivity index (χ0n) is 10.9. The molecule has 2 aromatic rings. The zero-order valence-corrected chi connectivity index (χ0v) is 12.5. The average Bonchev–Trinajstić information content (AvgIpc) is 2.77. The van der Waals surface area contributed by atoms with Gasteiger partial charge in [-0.05, 0) is 19.9 Å². The first-order chi connectivity index (χ1) is 9.16. The van der Waals surface area contributed by atoms with Gasteiger partial charge in [0.1, 0.15) is 11.3 Å². The first-order valence-corrected chi connectivity index (χ1v) is 8.23. The molecule has 1 aromatic heterocycles. The van der Waals surface area contributed by atoms with Crippen LogP contribution in [-0.4, -0.2) is 25.3 Å². The van der Waals surface area contributed by atoms with Gasteiger partial charge in [-0.2, -0.15) is 0 Å². The Balaban J connectivity index is 1.91. The predicted molar refractivity (Wildman–Crippen MR) is 79.8 cm³/mol. The quantitative estimate of drug-likeness (QED) is 0.696. The van der Waals surface area contributed by atoms with E-state index in [1.807, 2.05) is 26.0 Å². The number of carbonyl (C=O) groups is 1. The molecule has 0 unspecified atom stereocenters. The van der Waals surface area contributed by atoms with Gasteiger partial charge in [-0.25, -0.2) is 4.79 Å². The van der Waals surface area contributed by atoms with Crippen molar-refractivity contribution in [3.05, 3.63) is 28.9 Å². The van der Waals surface area contributed by atoms with Gasteiger partial charge in [0.25, 0.3) is 0 Å². The molecule has 0 aliphatic heterocycles. The van der Waals surface area contributed by atoms with Crippen LogP contribution in [0.5, 0.6) is 0 Å². The van der Waals surface area contributed by atoms with Crippen molar-refractivity contribution in [2.45, 2.75) is 19.9 Å². The van der Waals surface area contributed by atoms with Crippen molar-refractivity contribution in [1.82, 2.24) is 5.32 Å². The van der Waals surface area contributed by atoms with Crippen molar-refractivity contribution in [3.63, 3.8) is 0 Å². The smallest absolute Gasteiger partial charge is 0.407 e. The van der Waals surface area contributed by atoms with E-state index < -0.39 is 0 Å². The minimum absolute atomic E-state index is 0.0903. The van der Waals surface area contributed by atoms with E-state index >= 15 is 0 Å². The molecule has 1 N–H and O–H groups in total. The molecule has 0 radical (unpaired) electrons. The third-order valence-corrected chi connectivity index (χ3v) is 4.70. The normalized spacial score (nSPS) is 12.1. The maximum absolute atomic E-state index is 11.3. The molecule has 4 nitrogen and oxygen atoms in total. The fourth-order valence-corrected chi connectivity index (χ4v) is 3.92. The van der Waals surface area contributed by atoms with E-state index in [4.69, 9.17) is 4.74 Å². The fraction of sp³-hybridized carbons (Fsp3) is 0.385. The number of hydrogen-bond acceptors (Lipinski definition) is 5. The highest BCUT2D eigenvalue weighted by molar-refractivity contribution is 7.71. The molecule has 0 spiro atoms. The fourth-order valence-electron chi connectivity index (χ4n) is 1.52. The maximum Gasteiger partial charge on any atom is 0.407 e. The number of ether oxygens (including phenoxy) is 1. The highest BCUT2D eigenvalue weighted by Gasteiger charge is 2.03. The topological polar surface area (TPSA) is 50.7 Å². The van der Waals surface area contributed by atoms with E-state index in [2.05, 4.69) is 22.4 Å². The lowest BCUT2D eigenvalue weighted by molar-refractivity contribution is 0.147. The molecule has 0 saturated carbocycles. The second-order valence-corrected chi connectivity index (χ2v) is 6.44. The number of rotatable bonds is 4. The van der Waals surface area contributed by atoms with Crippen LogP contribution in [0.3, 0.4) is 0 Å². The molecule has 19 heavy (non-hydrogen) atoms. The van der Waals surface area contributed by atoms with E-state index in [1.54, 1.807) is 20.7 Å². The van der Waals surface area contributed by atoms with Crippen LogP contribution >= 0.6 is 20.7 Å². The van der Waals surface area contributed by atoms with Crippen LogP contribution in [0.4, 0.5) is 4.79 Å². The Labute approximate surface area is 119 Å². The molecule has 0 aliphatic rings. The molecule has 0 atom stereocenters. The number of nitrogens with zero attached hydrogens (tertiary/aromatic N) is 1. The van der Waals surface area contributed by atoms with E-state index in [0.29, 0.717) is 13.2 Å².